The van der Waals surface area contributed by atoms with Gasteiger partial charge in [0.05, 0.1) is 19.1 Å². The second-order valence-electron chi connectivity index (χ2n) is 7.54. The molecule has 0 aliphatic rings. The second-order valence-corrected chi connectivity index (χ2v) is 7.54. The second kappa shape index (κ2) is 13.9. The molecule has 182 valence electrons. The highest BCUT2D eigenvalue weighted by molar-refractivity contribution is 5.96. The minimum absolute atomic E-state index is 0.101. The normalized spacial score (nSPS) is 14.5. The molecule has 0 saturated heterocycles. The number of aliphatic carboxylic acids is 2. The van der Waals surface area contributed by atoms with Crippen LogP contribution in [-0.4, -0.2) is 81.7 Å². The number of aliphatic hydroxyl groups excluding tert-OH is 1. The number of hydrogen-bond donors (Lipinski definition) is 8. The van der Waals surface area contributed by atoms with Crippen molar-refractivity contribution in [1.29, 1.82) is 0 Å². The number of hydrogen-bond acceptors (Lipinski definition) is 8. The fourth-order valence-electron chi connectivity index (χ4n) is 2.53. The van der Waals surface area contributed by atoms with Crippen LogP contribution in [0.3, 0.4) is 0 Å². The lowest BCUT2D eigenvalue weighted by atomic mass is 10.0. The van der Waals surface area contributed by atoms with Gasteiger partial charge in [-0.3, -0.25) is 24.0 Å². The van der Waals surface area contributed by atoms with E-state index in [4.69, 9.17) is 26.8 Å². The summed E-state index contributed by atoms with van der Waals surface area (Å²) in [6.45, 7) is 2.57. The summed E-state index contributed by atoms with van der Waals surface area (Å²) in [7, 11) is 0. The number of nitrogens with two attached hydrogens (primary N) is 2. The van der Waals surface area contributed by atoms with Crippen LogP contribution in [0.25, 0.3) is 0 Å². The van der Waals surface area contributed by atoms with Crippen molar-refractivity contribution >= 4 is 35.6 Å². The van der Waals surface area contributed by atoms with Crippen LogP contribution in [-0.2, 0) is 28.8 Å². The summed E-state index contributed by atoms with van der Waals surface area (Å²) < 4.78 is 0. The van der Waals surface area contributed by atoms with Crippen molar-refractivity contribution in [3.63, 3.8) is 0 Å². The molecule has 4 amide bonds. The Morgan fingerprint density at radius 3 is 1.78 bits per heavy atom. The molecule has 14 nitrogen and oxygen atoms in total. The van der Waals surface area contributed by atoms with E-state index in [9.17, 15) is 28.8 Å². The molecule has 4 atom stereocenters. The van der Waals surface area contributed by atoms with Crippen molar-refractivity contribution in [1.82, 2.24) is 16.0 Å². The highest BCUT2D eigenvalue weighted by Crippen LogP contribution is 2.07. The minimum Gasteiger partial charge on any atom is -0.481 e. The molecule has 4 unspecified atom stereocenters. The van der Waals surface area contributed by atoms with Gasteiger partial charge in [0.2, 0.25) is 23.6 Å². The van der Waals surface area contributed by atoms with Crippen LogP contribution >= 0.6 is 0 Å². The van der Waals surface area contributed by atoms with Crippen molar-refractivity contribution in [3.05, 3.63) is 0 Å². The van der Waals surface area contributed by atoms with E-state index in [0.717, 1.165) is 0 Å². The molecule has 0 fully saturated rings. The largest absolute Gasteiger partial charge is 0.481 e. The van der Waals surface area contributed by atoms with Gasteiger partial charge in [-0.1, -0.05) is 13.8 Å². The summed E-state index contributed by atoms with van der Waals surface area (Å²) in [5.41, 5.74) is 10.7. The molecule has 0 aliphatic heterocycles. The molecule has 0 aromatic rings. The van der Waals surface area contributed by atoms with Gasteiger partial charge < -0.3 is 42.7 Å². The zero-order valence-corrected chi connectivity index (χ0v) is 17.9. The van der Waals surface area contributed by atoms with Crippen LogP contribution in [0.15, 0.2) is 0 Å². The van der Waals surface area contributed by atoms with Gasteiger partial charge in [-0.25, -0.2) is 4.79 Å². The van der Waals surface area contributed by atoms with Gasteiger partial charge in [0.1, 0.15) is 18.1 Å². The maximum absolute atomic E-state index is 12.7. The molecule has 0 rings (SSSR count). The predicted molar refractivity (Wildman–Crippen MR) is 109 cm³/mol. The first kappa shape index (κ1) is 28.7. The first-order valence-electron chi connectivity index (χ1n) is 9.78. The Kier molecular flexibility index (Phi) is 12.5. The Labute approximate surface area is 184 Å². The van der Waals surface area contributed by atoms with Gasteiger partial charge in [0.15, 0.2) is 0 Å². The lowest BCUT2D eigenvalue weighted by Crippen LogP contribution is -2.58. The Morgan fingerprint density at radius 2 is 1.34 bits per heavy atom. The van der Waals surface area contributed by atoms with Gasteiger partial charge in [-0.05, 0) is 18.8 Å². The van der Waals surface area contributed by atoms with Crippen LogP contribution in [0.5, 0.6) is 0 Å². The first-order chi connectivity index (χ1) is 14.8. The van der Waals surface area contributed by atoms with E-state index in [0.29, 0.717) is 0 Å². The summed E-state index contributed by atoms with van der Waals surface area (Å²) in [4.78, 5) is 70.3. The number of carboxylic acid groups (broad SMARTS) is 2. The van der Waals surface area contributed by atoms with Crippen LogP contribution in [0, 0.1) is 5.92 Å². The lowest BCUT2D eigenvalue weighted by Gasteiger charge is -2.25. The Bertz CT molecular complexity index is 713. The average molecular weight is 461 g/mol. The Morgan fingerprint density at radius 1 is 0.844 bits per heavy atom. The molecule has 0 spiro atoms. The summed E-state index contributed by atoms with van der Waals surface area (Å²) in [5.74, 6) is -6.48. The minimum atomic E-state index is -1.67. The highest BCUT2D eigenvalue weighted by Gasteiger charge is 2.31. The van der Waals surface area contributed by atoms with E-state index in [2.05, 4.69) is 10.6 Å². The third-order valence-corrected chi connectivity index (χ3v) is 4.18. The molecule has 0 saturated carbocycles. The smallest absolute Gasteiger partial charge is 0.328 e. The number of amides is 4. The predicted octanol–water partition coefficient (Wildman–Crippen LogP) is -3.37. The molecule has 0 aliphatic carbocycles. The number of carbonyl (C=O) groups is 6. The van der Waals surface area contributed by atoms with E-state index >= 15 is 0 Å². The third kappa shape index (κ3) is 11.2. The zero-order valence-electron chi connectivity index (χ0n) is 17.9. The van der Waals surface area contributed by atoms with Crippen LogP contribution < -0.4 is 27.4 Å². The summed E-state index contributed by atoms with van der Waals surface area (Å²) in [5, 5.41) is 33.3. The standard InChI is InChI=1S/C18H31N5O9/c1-8(2)5-10(21-15(28)9(19)3-4-14(26)27)16(29)22-11(6-13(20)25)17(30)23-12(7-24)18(31)32/h8-12,24H,3-7,19H2,1-2H3,(H2,20,25)(H,21,28)(H,22,29)(H,23,30)(H,26,27)(H,31,32). The molecule has 0 aromatic heterocycles. The average Bonchev–Trinajstić information content (AvgIpc) is 2.67. The first-order valence-corrected chi connectivity index (χ1v) is 9.78. The van der Waals surface area contributed by atoms with Crippen LogP contribution in [0.2, 0.25) is 0 Å². The van der Waals surface area contributed by atoms with Gasteiger partial charge in [0.25, 0.3) is 0 Å². The number of rotatable bonds is 15. The fourth-order valence-corrected chi connectivity index (χ4v) is 2.53. The Balaban J connectivity index is 5.41. The maximum Gasteiger partial charge on any atom is 0.328 e. The van der Waals surface area contributed by atoms with E-state index in [-0.39, 0.29) is 25.2 Å². The molecule has 14 heteroatoms. The molecule has 0 heterocycles. The summed E-state index contributed by atoms with van der Waals surface area (Å²) in [6.07, 6.45) is -1.08. The molecule has 0 radical (unpaired) electrons. The van der Waals surface area contributed by atoms with E-state index < -0.39 is 72.8 Å². The molecular formula is C18H31N5O9. The summed E-state index contributed by atoms with van der Waals surface area (Å²) in [6, 6.07) is -5.62. The molecule has 32 heavy (non-hydrogen) atoms. The fraction of sp³-hybridized carbons (Fsp3) is 0.667. The molecule has 10 N–H and O–H groups in total. The quantitative estimate of drug-likeness (QED) is 0.120. The lowest BCUT2D eigenvalue weighted by molar-refractivity contribution is -0.143. The van der Waals surface area contributed by atoms with E-state index in [1.54, 1.807) is 13.8 Å². The number of carboxylic acids is 2. The van der Waals surface area contributed by atoms with Crippen molar-refractivity contribution in [2.45, 2.75) is 63.7 Å². The van der Waals surface area contributed by atoms with Crippen molar-refractivity contribution in [2.75, 3.05) is 6.61 Å². The zero-order chi connectivity index (χ0) is 25.0. The van der Waals surface area contributed by atoms with E-state index in [1.807, 2.05) is 5.32 Å². The topological polar surface area (TPSA) is 251 Å². The van der Waals surface area contributed by atoms with Crippen molar-refractivity contribution in [3.8, 4) is 0 Å². The van der Waals surface area contributed by atoms with E-state index in [1.165, 1.54) is 0 Å². The number of aliphatic hydroxyl groups is 1. The van der Waals surface area contributed by atoms with Crippen LogP contribution in [0.4, 0.5) is 0 Å². The number of primary amides is 1. The molecular weight excluding hydrogens is 430 g/mol. The van der Waals surface area contributed by atoms with Gasteiger partial charge >= 0.3 is 11.9 Å². The Hall–Kier alpha value is -3.26. The van der Waals surface area contributed by atoms with Crippen molar-refractivity contribution < 1.29 is 44.1 Å². The number of carbonyl (C=O) groups excluding carboxylic acids is 4. The molecule has 0 aromatic carbocycles. The van der Waals surface area contributed by atoms with Crippen LogP contribution in [0.1, 0.15) is 39.5 Å². The number of nitrogens with one attached hydrogen (secondary N) is 3. The van der Waals surface area contributed by atoms with Gasteiger partial charge in [-0.2, -0.15) is 0 Å². The third-order valence-electron chi connectivity index (χ3n) is 4.18. The van der Waals surface area contributed by atoms with Crippen molar-refractivity contribution in [2.24, 2.45) is 17.4 Å². The highest BCUT2D eigenvalue weighted by atomic mass is 16.4. The van der Waals surface area contributed by atoms with Gasteiger partial charge in [-0.15, -0.1) is 0 Å². The SMILES string of the molecule is CC(C)CC(NC(=O)C(N)CCC(=O)O)C(=O)NC(CC(N)=O)C(=O)NC(CO)C(=O)O. The summed E-state index contributed by atoms with van der Waals surface area (Å²) >= 11 is 0. The molecule has 0 bridgehead atoms. The van der Waals surface area contributed by atoms with Gasteiger partial charge in [0, 0.05) is 6.42 Å². The monoisotopic (exact) mass is 461 g/mol. The maximum atomic E-state index is 12.7.